The van der Waals surface area contributed by atoms with Crippen LogP contribution in [0.15, 0.2) is 54.6 Å². The maximum Gasteiger partial charge on any atom is 0.321 e. The molecule has 5 nitrogen and oxygen atoms in total. The molecule has 2 N–H and O–H groups in total. The normalized spacial score (nSPS) is 14.4. The van der Waals surface area contributed by atoms with E-state index in [1.54, 1.807) is 23.1 Å². The topological polar surface area (TPSA) is 61.4 Å². The van der Waals surface area contributed by atoms with E-state index < -0.39 is 5.82 Å². The highest BCUT2D eigenvalue weighted by molar-refractivity contribution is 5.89. The number of halogens is 1. The summed E-state index contributed by atoms with van der Waals surface area (Å²) in [5.41, 5.74) is 1.47. The van der Waals surface area contributed by atoms with Gasteiger partial charge in [-0.05, 0) is 55.7 Å². The Hall–Kier alpha value is -2.89. The summed E-state index contributed by atoms with van der Waals surface area (Å²) in [6, 6.07) is 16.1. The minimum Gasteiger partial charge on any atom is -0.356 e. The van der Waals surface area contributed by atoms with Crippen LogP contribution in [0.2, 0.25) is 0 Å². The van der Waals surface area contributed by atoms with E-state index in [2.05, 4.69) is 22.8 Å². The lowest BCUT2D eigenvalue weighted by Crippen LogP contribution is -2.41. The van der Waals surface area contributed by atoms with E-state index >= 15 is 0 Å². The van der Waals surface area contributed by atoms with Crippen LogP contribution in [-0.4, -0.2) is 36.5 Å². The van der Waals surface area contributed by atoms with Crippen LogP contribution in [-0.2, 0) is 11.2 Å². The van der Waals surface area contributed by atoms with Crippen LogP contribution in [0.25, 0.3) is 0 Å². The number of carbonyl (C=O) groups excluding carboxylic acids is 2. The molecule has 3 amide bonds. The van der Waals surface area contributed by atoms with Crippen molar-refractivity contribution >= 4 is 17.6 Å². The van der Waals surface area contributed by atoms with E-state index in [0.29, 0.717) is 32.0 Å². The number of rotatable bonds is 8. The number of carbonyl (C=O) groups is 2. The number of amides is 3. The van der Waals surface area contributed by atoms with Crippen LogP contribution in [0.1, 0.15) is 37.7 Å². The number of nitrogens with zero attached hydrogens (tertiary/aromatic N) is 1. The van der Waals surface area contributed by atoms with Gasteiger partial charge in [0.2, 0.25) is 5.91 Å². The van der Waals surface area contributed by atoms with Crippen LogP contribution < -0.4 is 10.6 Å². The Kier molecular flexibility index (Phi) is 8.24. The highest BCUT2D eigenvalue weighted by atomic mass is 19.1. The fourth-order valence-corrected chi connectivity index (χ4v) is 3.78. The van der Waals surface area contributed by atoms with Crippen LogP contribution in [0, 0.1) is 11.7 Å². The van der Waals surface area contributed by atoms with Gasteiger partial charge in [-0.1, -0.05) is 42.5 Å². The number of hydrogen-bond donors (Lipinski definition) is 2. The Morgan fingerprint density at radius 2 is 1.70 bits per heavy atom. The number of aryl methyl sites for hydroxylation is 1. The Labute approximate surface area is 177 Å². The molecule has 6 heteroatoms. The number of benzene rings is 2. The number of piperidine rings is 1. The van der Waals surface area contributed by atoms with Crippen LogP contribution in [0.4, 0.5) is 14.9 Å². The van der Waals surface area contributed by atoms with Crippen LogP contribution >= 0.6 is 0 Å². The number of para-hydroxylation sites is 1. The summed E-state index contributed by atoms with van der Waals surface area (Å²) in [5, 5.41) is 5.65. The van der Waals surface area contributed by atoms with Gasteiger partial charge in [0, 0.05) is 26.1 Å². The van der Waals surface area contributed by atoms with Gasteiger partial charge in [-0.25, -0.2) is 9.18 Å². The van der Waals surface area contributed by atoms with E-state index in [0.717, 1.165) is 32.1 Å². The van der Waals surface area contributed by atoms with Crippen molar-refractivity contribution in [3.63, 3.8) is 0 Å². The highest BCUT2D eigenvalue weighted by Gasteiger charge is 2.23. The number of anilines is 1. The summed E-state index contributed by atoms with van der Waals surface area (Å²) < 4.78 is 13.7. The van der Waals surface area contributed by atoms with Gasteiger partial charge in [-0.2, -0.15) is 0 Å². The molecule has 2 aromatic carbocycles. The van der Waals surface area contributed by atoms with Gasteiger partial charge >= 0.3 is 6.03 Å². The average molecular weight is 412 g/mol. The predicted octanol–water partition coefficient (Wildman–Crippen LogP) is 4.60. The van der Waals surface area contributed by atoms with Crippen LogP contribution in [0.3, 0.4) is 0 Å². The molecule has 3 rings (SSSR count). The van der Waals surface area contributed by atoms with Gasteiger partial charge in [0.15, 0.2) is 0 Å². The Morgan fingerprint density at radius 1 is 1.00 bits per heavy atom. The summed E-state index contributed by atoms with van der Waals surface area (Å²) in [7, 11) is 0. The van der Waals surface area contributed by atoms with Gasteiger partial charge in [0.1, 0.15) is 5.82 Å². The number of hydrogen-bond acceptors (Lipinski definition) is 2. The molecule has 1 aliphatic rings. The van der Waals surface area contributed by atoms with E-state index in [-0.39, 0.29) is 17.6 Å². The van der Waals surface area contributed by atoms with E-state index in [4.69, 9.17) is 0 Å². The molecule has 1 heterocycles. The first-order valence-corrected chi connectivity index (χ1v) is 10.7. The monoisotopic (exact) mass is 411 g/mol. The zero-order chi connectivity index (χ0) is 21.2. The lowest BCUT2D eigenvalue weighted by molar-refractivity contribution is -0.121. The molecule has 0 spiro atoms. The van der Waals surface area contributed by atoms with E-state index in [1.807, 2.05) is 18.2 Å². The molecule has 0 radical (unpaired) electrons. The fourth-order valence-electron chi connectivity index (χ4n) is 3.78. The molecule has 1 aliphatic heterocycles. The molecule has 0 atom stereocenters. The quantitative estimate of drug-likeness (QED) is 0.667. The van der Waals surface area contributed by atoms with Crippen molar-refractivity contribution in [3.05, 3.63) is 66.0 Å². The second kappa shape index (κ2) is 11.3. The maximum absolute atomic E-state index is 13.7. The SMILES string of the molecule is O=C(CCCc1ccccc1)NCCC1CCN(C(=O)Nc2ccccc2F)CC1. The standard InChI is InChI=1S/C24H30FN3O2/c25-21-10-4-5-11-22(21)27-24(30)28-17-14-20(15-18-28)13-16-26-23(29)12-6-9-19-7-2-1-3-8-19/h1-5,7-8,10-11,20H,6,9,12-18H2,(H,26,29)(H,27,30). The van der Waals surface area contributed by atoms with Gasteiger partial charge in [0.25, 0.3) is 0 Å². The molecule has 0 bridgehead atoms. The fraction of sp³-hybridized carbons (Fsp3) is 0.417. The molecule has 0 saturated carbocycles. The van der Waals surface area contributed by atoms with Gasteiger partial charge in [-0.15, -0.1) is 0 Å². The maximum atomic E-state index is 13.7. The van der Waals surface area contributed by atoms with Crippen molar-refractivity contribution < 1.29 is 14.0 Å². The van der Waals surface area contributed by atoms with Crippen molar-refractivity contribution in [1.82, 2.24) is 10.2 Å². The molecule has 160 valence electrons. The Balaban J connectivity index is 1.28. The molecule has 1 saturated heterocycles. The third kappa shape index (κ3) is 6.87. The molecule has 0 unspecified atom stereocenters. The Bertz CT molecular complexity index is 820. The van der Waals surface area contributed by atoms with Crippen LogP contribution in [0.5, 0.6) is 0 Å². The summed E-state index contributed by atoms with van der Waals surface area (Å²) in [6.45, 7) is 1.97. The van der Waals surface area contributed by atoms with E-state index in [1.165, 1.54) is 11.6 Å². The predicted molar refractivity (Wildman–Crippen MR) is 117 cm³/mol. The summed E-state index contributed by atoms with van der Waals surface area (Å²) in [5.74, 6) is 0.167. The van der Waals surface area contributed by atoms with E-state index in [9.17, 15) is 14.0 Å². The molecule has 30 heavy (non-hydrogen) atoms. The minimum atomic E-state index is -0.430. The molecule has 0 aliphatic carbocycles. The number of urea groups is 1. The molecule has 2 aromatic rings. The lowest BCUT2D eigenvalue weighted by Gasteiger charge is -2.32. The van der Waals surface area contributed by atoms with Gasteiger partial charge in [0.05, 0.1) is 5.69 Å². The Morgan fingerprint density at radius 3 is 2.43 bits per heavy atom. The second-order valence-electron chi connectivity index (χ2n) is 7.82. The largest absolute Gasteiger partial charge is 0.356 e. The van der Waals surface area contributed by atoms with Crippen molar-refractivity contribution in [2.24, 2.45) is 5.92 Å². The lowest BCUT2D eigenvalue weighted by atomic mass is 9.93. The molecular weight excluding hydrogens is 381 g/mol. The van der Waals surface area contributed by atoms with Crippen molar-refractivity contribution in [1.29, 1.82) is 0 Å². The zero-order valence-corrected chi connectivity index (χ0v) is 17.3. The summed E-state index contributed by atoms with van der Waals surface area (Å²) in [6.07, 6.45) is 5.03. The first-order chi connectivity index (χ1) is 14.6. The minimum absolute atomic E-state index is 0.104. The van der Waals surface area contributed by atoms with Crippen molar-refractivity contribution in [3.8, 4) is 0 Å². The first kappa shape index (κ1) is 21.8. The third-order valence-electron chi connectivity index (χ3n) is 5.60. The van der Waals surface area contributed by atoms with Gasteiger partial charge in [-0.3, -0.25) is 4.79 Å². The summed E-state index contributed by atoms with van der Waals surface area (Å²) >= 11 is 0. The summed E-state index contributed by atoms with van der Waals surface area (Å²) in [4.78, 5) is 26.1. The van der Waals surface area contributed by atoms with Gasteiger partial charge < -0.3 is 15.5 Å². The average Bonchev–Trinajstić information content (AvgIpc) is 2.76. The highest BCUT2D eigenvalue weighted by Crippen LogP contribution is 2.21. The third-order valence-corrected chi connectivity index (χ3v) is 5.60. The molecule has 0 aromatic heterocycles. The molecule has 1 fully saturated rings. The first-order valence-electron chi connectivity index (χ1n) is 10.7. The molecular formula is C24H30FN3O2. The zero-order valence-electron chi connectivity index (χ0n) is 17.3. The van der Waals surface area contributed by atoms with Crippen molar-refractivity contribution in [2.75, 3.05) is 25.0 Å². The smallest absolute Gasteiger partial charge is 0.321 e. The van der Waals surface area contributed by atoms with Crippen molar-refractivity contribution in [2.45, 2.75) is 38.5 Å². The second-order valence-corrected chi connectivity index (χ2v) is 7.82. The number of nitrogens with one attached hydrogen (secondary N) is 2. The number of likely N-dealkylation sites (tertiary alicyclic amines) is 1.